The highest BCUT2D eigenvalue weighted by Crippen LogP contribution is 2.31. The molecule has 5 aromatic rings. The molecular weight excluding hydrogens is 549 g/mol. The number of sulfonamides is 1. The molecule has 0 spiro atoms. The molecule has 0 saturated heterocycles. The van der Waals surface area contributed by atoms with Crippen LogP contribution >= 0.6 is 35.0 Å². The van der Waals surface area contributed by atoms with E-state index in [0.29, 0.717) is 38.0 Å². The topological polar surface area (TPSA) is 89.8 Å². The largest absolute Gasteiger partial charge is 0.271 e. The van der Waals surface area contributed by atoms with Gasteiger partial charge in [-0.25, -0.2) is 13.1 Å². The Hall–Kier alpha value is -2.95. The zero-order valence-electron chi connectivity index (χ0n) is 19.6. The van der Waals surface area contributed by atoms with Gasteiger partial charge < -0.3 is 0 Å². The molecule has 0 aliphatic carbocycles. The molecule has 37 heavy (non-hydrogen) atoms. The van der Waals surface area contributed by atoms with E-state index in [-0.39, 0.29) is 11.4 Å². The molecule has 7 nitrogen and oxygen atoms in total. The number of rotatable bonds is 8. The van der Waals surface area contributed by atoms with Crippen molar-refractivity contribution in [3.05, 3.63) is 106 Å². The van der Waals surface area contributed by atoms with E-state index < -0.39 is 10.0 Å². The van der Waals surface area contributed by atoms with Crippen molar-refractivity contribution in [1.82, 2.24) is 24.5 Å². The van der Waals surface area contributed by atoms with E-state index in [2.05, 4.69) is 26.0 Å². The number of nitrogens with one attached hydrogen (secondary N) is 1. The Morgan fingerprint density at radius 2 is 1.78 bits per heavy atom. The van der Waals surface area contributed by atoms with E-state index in [1.165, 1.54) is 17.8 Å². The van der Waals surface area contributed by atoms with Gasteiger partial charge in [-0.1, -0.05) is 83.0 Å². The zero-order valence-corrected chi connectivity index (χ0v) is 22.7. The summed E-state index contributed by atoms with van der Waals surface area (Å²) < 4.78 is 30.9. The van der Waals surface area contributed by atoms with Gasteiger partial charge in [0, 0.05) is 22.4 Å². The molecular formula is C26H21Cl2N5O2S2. The third kappa shape index (κ3) is 5.66. The highest BCUT2D eigenvalue weighted by atomic mass is 35.5. The van der Waals surface area contributed by atoms with Gasteiger partial charge in [0.1, 0.15) is 4.90 Å². The number of hydrogen-bond acceptors (Lipinski definition) is 6. The van der Waals surface area contributed by atoms with Crippen molar-refractivity contribution in [3.8, 4) is 5.69 Å². The second-order valence-corrected chi connectivity index (χ2v) is 11.8. The van der Waals surface area contributed by atoms with Crippen LogP contribution < -0.4 is 4.72 Å². The molecule has 0 atom stereocenters. The number of pyridine rings is 1. The quantitative estimate of drug-likeness (QED) is 0.224. The molecule has 0 amide bonds. The summed E-state index contributed by atoms with van der Waals surface area (Å²) in [7, 11) is -3.91. The molecule has 0 saturated carbocycles. The highest BCUT2D eigenvalue weighted by molar-refractivity contribution is 7.98. The Balaban J connectivity index is 1.48. The van der Waals surface area contributed by atoms with Gasteiger partial charge in [-0.2, -0.15) is 0 Å². The van der Waals surface area contributed by atoms with E-state index >= 15 is 0 Å². The van der Waals surface area contributed by atoms with Crippen LogP contribution in [0.1, 0.15) is 17.0 Å². The predicted octanol–water partition coefficient (Wildman–Crippen LogP) is 6.20. The number of thioether (sulfide) groups is 1. The normalized spacial score (nSPS) is 11.8. The Kier molecular flexibility index (Phi) is 7.50. The van der Waals surface area contributed by atoms with Crippen LogP contribution in [0.2, 0.25) is 10.0 Å². The minimum absolute atomic E-state index is 0.0894. The lowest BCUT2D eigenvalue weighted by molar-refractivity contribution is 0.579. The number of halogens is 2. The Morgan fingerprint density at radius 3 is 2.62 bits per heavy atom. The van der Waals surface area contributed by atoms with Crippen molar-refractivity contribution in [2.45, 2.75) is 29.3 Å². The van der Waals surface area contributed by atoms with Crippen LogP contribution in [0.5, 0.6) is 0 Å². The van der Waals surface area contributed by atoms with Crippen molar-refractivity contribution >= 4 is 55.9 Å². The van der Waals surface area contributed by atoms with Crippen molar-refractivity contribution < 1.29 is 8.42 Å². The minimum Gasteiger partial charge on any atom is -0.271 e. The van der Waals surface area contributed by atoms with Gasteiger partial charge in [-0.15, -0.1) is 10.2 Å². The molecule has 2 heterocycles. The van der Waals surface area contributed by atoms with Gasteiger partial charge in [0.25, 0.3) is 0 Å². The second-order valence-electron chi connectivity index (χ2n) is 8.26. The summed E-state index contributed by atoms with van der Waals surface area (Å²) in [5.74, 6) is 1.01. The summed E-state index contributed by atoms with van der Waals surface area (Å²) in [5.41, 5.74) is 3.25. The van der Waals surface area contributed by atoms with Crippen molar-refractivity contribution in [2.24, 2.45) is 0 Å². The van der Waals surface area contributed by atoms with Crippen molar-refractivity contribution in [2.75, 3.05) is 0 Å². The number of benzene rings is 3. The summed E-state index contributed by atoms with van der Waals surface area (Å²) in [5, 5.41) is 10.9. The molecule has 1 N–H and O–H groups in total. The average molecular weight is 571 g/mol. The van der Waals surface area contributed by atoms with E-state index in [1.807, 2.05) is 37.3 Å². The molecule has 0 aliphatic rings. The molecule has 0 bridgehead atoms. The van der Waals surface area contributed by atoms with Gasteiger partial charge in [-0.3, -0.25) is 9.55 Å². The fourth-order valence-electron chi connectivity index (χ4n) is 3.89. The van der Waals surface area contributed by atoms with Crippen molar-refractivity contribution in [1.29, 1.82) is 0 Å². The SMILES string of the molecule is Cc1cccc(CSc2nnc(CNS(=O)(=O)c3cccc4cccnc34)n2-c2cc(Cl)ccc2Cl)c1. The van der Waals surface area contributed by atoms with Crippen LogP contribution in [0, 0.1) is 6.92 Å². The summed E-state index contributed by atoms with van der Waals surface area (Å²) in [4.78, 5) is 4.35. The van der Waals surface area contributed by atoms with Crippen LogP contribution in [0.3, 0.4) is 0 Å². The number of fused-ring (bicyclic) bond motifs is 1. The summed E-state index contributed by atoms with van der Waals surface area (Å²) >= 11 is 14.3. The zero-order chi connectivity index (χ0) is 26.0. The first-order valence-electron chi connectivity index (χ1n) is 11.2. The second kappa shape index (κ2) is 10.8. The first-order valence-corrected chi connectivity index (χ1v) is 14.5. The maximum absolute atomic E-state index is 13.3. The van der Waals surface area contributed by atoms with Crippen LogP contribution in [-0.2, 0) is 22.3 Å². The van der Waals surface area contributed by atoms with E-state index in [0.717, 1.165) is 16.5 Å². The lowest BCUT2D eigenvalue weighted by Crippen LogP contribution is -2.25. The number of aromatic nitrogens is 4. The van der Waals surface area contributed by atoms with Gasteiger partial charge in [-0.05, 0) is 42.8 Å². The highest BCUT2D eigenvalue weighted by Gasteiger charge is 2.22. The number of para-hydroxylation sites is 1. The average Bonchev–Trinajstić information content (AvgIpc) is 3.30. The van der Waals surface area contributed by atoms with Crippen LogP contribution in [0.15, 0.2) is 89.0 Å². The van der Waals surface area contributed by atoms with Crippen LogP contribution in [-0.4, -0.2) is 28.2 Å². The van der Waals surface area contributed by atoms with Gasteiger partial charge in [0.05, 0.1) is 22.8 Å². The maximum atomic E-state index is 13.3. The fourth-order valence-corrected chi connectivity index (χ4v) is 6.32. The molecule has 5 rings (SSSR count). The molecule has 0 unspecified atom stereocenters. The molecule has 188 valence electrons. The monoisotopic (exact) mass is 569 g/mol. The molecule has 2 aromatic heterocycles. The third-order valence-electron chi connectivity index (χ3n) is 5.61. The van der Waals surface area contributed by atoms with Crippen molar-refractivity contribution in [3.63, 3.8) is 0 Å². The maximum Gasteiger partial charge on any atom is 0.243 e. The minimum atomic E-state index is -3.91. The molecule has 11 heteroatoms. The Labute approximate surface area is 228 Å². The van der Waals surface area contributed by atoms with E-state index in [1.54, 1.807) is 41.1 Å². The number of aryl methyl sites for hydroxylation is 1. The smallest absolute Gasteiger partial charge is 0.243 e. The first kappa shape index (κ1) is 25.7. The molecule has 0 radical (unpaired) electrons. The summed E-state index contributed by atoms with van der Waals surface area (Å²) in [6, 6.07) is 21.9. The summed E-state index contributed by atoms with van der Waals surface area (Å²) in [6.07, 6.45) is 1.57. The fraction of sp³-hybridized carbons (Fsp3) is 0.115. The van der Waals surface area contributed by atoms with Gasteiger partial charge in [0.2, 0.25) is 10.0 Å². The molecule has 0 aliphatic heterocycles. The van der Waals surface area contributed by atoms with Gasteiger partial charge >= 0.3 is 0 Å². The number of hydrogen-bond donors (Lipinski definition) is 1. The molecule has 3 aromatic carbocycles. The Bertz CT molecular complexity index is 1700. The van der Waals surface area contributed by atoms with Crippen LogP contribution in [0.4, 0.5) is 0 Å². The third-order valence-corrected chi connectivity index (χ3v) is 8.59. The van der Waals surface area contributed by atoms with E-state index in [4.69, 9.17) is 23.2 Å². The van der Waals surface area contributed by atoms with E-state index in [9.17, 15) is 8.42 Å². The predicted molar refractivity (Wildman–Crippen MR) is 148 cm³/mol. The summed E-state index contributed by atoms with van der Waals surface area (Å²) in [6.45, 7) is 1.92. The lowest BCUT2D eigenvalue weighted by atomic mass is 10.2. The van der Waals surface area contributed by atoms with Gasteiger partial charge in [0.15, 0.2) is 11.0 Å². The first-order chi connectivity index (χ1) is 17.8. The number of nitrogens with zero attached hydrogens (tertiary/aromatic N) is 4. The molecule has 0 fully saturated rings. The standard InChI is InChI=1S/C26H21Cl2N5O2S2/c1-17-5-2-6-18(13-17)16-36-26-32-31-24(33(26)22-14-20(27)10-11-21(22)28)15-30-37(34,35)23-9-3-7-19-8-4-12-29-25(19)23/h2-14,30H,15-16H2,1H3. The van der Waals surface area contributed by atoms with Crippen LogP contribution in [0.25, 0.3) is 16.6 Å². The Morgan fingerprint density at radius 1 is 0.973 bits per heavy atom. The lowest BCUT2D eigenvalue weighted by Gasteiger charge is -2.13.